The summed E-state index contributed by atoms with van der Waals surface area (Å²) in [4.78, 5) is 14.0. The molecule has 4 heteroatoms. The van der Waals surface area contributed by atoms with E-state index in [0.717, 1.165) is 25.7 Å². The van der Waals surface area contributed by atoms with Crippen molar-refractivity contribution in [3.63, 3.8) is 0 Å². The SMILES string of the molecule is CCNC1(C(=O)O)CCCC(N(C)C(C)(C)CC)C1. The maximum absolute atomic E-state index is 11.7. The lowest BCUT2D eigenvalue weighted by Gasteiger charge is -2.47. The van der Waals surface area contributed by atoms with Crippen LogP contribution in [0.5, 0.6) is 0 Å². The molecule has 2 atom stereocenters. The van der Waals surface area contributed by atoms with E-state index in [4.69, 9.17) is 0 Å². The lowest BCUT2D eigenvalue weighted by molar-refractivity contribution is -0.147. The normalized spacial score (nSPS) is 28.6. The first-order valence-corrected chi connectivity index (χ1v) is 7.50. The Morgan fingerprint density at radius 2 is 2.11 bits per heavy atom. The molecule has 0 spiro atoms. The number of hydrogen-bond acceptors (Lipinski definition) is 3. The number of carboxylic acid groups (broad SMARTS) is 1. The molecule has 1 fully saturated rings. The van der Waals surface area contributed by atoms with Gasteiger partial charge in [0, 0.05) is 11.6 Å². The van der Waals surface area contributed by atoms with Gasteiger partial charge in [0.05, 0.1) is 0 Å². The highest BCUT2D eigenvalue weighted by atomic mass is 16.4. The van der Waals surface area contributed by atoms with Gasteiger partial charge < -0.3 is 10.4 Å². The van der Waals surface area contributed by atoms with Crippen LogP contribution in [0.2, 0.25) is 0 Å². The molecule has 0 heterocycles. The Labute approximate surface area is 117 Å². The van der Waals surface area contributed by atoms with Gasteiger partial charge in [0.25, 0.3) is 0 Å². The summed E-state index contributed by atoms with van der Waals surface area (Å²) in [5.74, 6) is -0.693. The van der Waals surface area contributed by atoms with Gasteiger partial charge >= 0.3 is 5.97 Å². The molecule has 1 aliphatic rings. The Kier molecular flexibility index (Phi) is 5.39. The summed E-state index contributed by atoms with van der Waals surface area (Å²) in [7, 11) is 2.14. The fourth-order valence-corrected chi connectivity index (χ4v) is 3.09. The quantitative estimate of drug-likeness (QED) is 0.778. The molecule has 1 saturated carbocycles. The summed E-state index contributed by atoms with van der Waals surface area (Å²) in [6, 6.07) is 0.346. The molecule has 0 bridgehead atoms. The van der Waals surface area contributed by atoms with Crippen molar-refractivity contribution >= 4 is 5.97 Å². The maximum Gasteiger partial charge on any atom is 0.323 e. The fraction of sp³-hybridized carbons (Fsp3) is 0.933. The van der Waals surface area contributed by atoms with Crippen molar-refractivity contribution in [1.82, 2.24) is 10.2 Å². The average Bonchev–Trinajstić information content (AvgIpc) is 2.38. The third kappa shape index (κ3) is 3.48. The monoisotopic (exact) mass is 270 g/mol. The predicted octanol–water partition coefficient (Wildman–Crippen LogP) is 2.48. The predicted molar refractivity (Wildman–Crippen MR) is 78.4 cm³/mol. The largest absolute Gasteiger partial charge is 0.480 e. The van der Waals surface area contributed by atoms with Gasteiger partial charge in [-0.25, -0.2) is 0 Å². The van der Waals surface area contributed by atoms with E-state index in [2.05, 4.69) is 38.0 Å². The van der Waals surface area contributed by atoms with E-state index in [1.807, 2.05) is 6.92 Å². The number of nitrogens with one attached hydrogen (secondary N) is 1. The minimum absolute atomic E-state index is 0.123. The number of nitrogens with zero attached hydrogens (tertiary/aromatic N) is 1. The van der Waals surface area contributed by atoms with E-state index >= 15 is 0 Å². The third-order valence-corrected chi connectivity index (χ3v) is 5.02. The van der Waals surface area contributed by atoms with Crippen molar-refractivity contribution in [2.75, 3.05) is 13.6 Å². The Balaban J connectivity index is 2.86. The zero-order valence-corrected chi connectivity index (χ0v) is 13.1. The van der Waals surface area contributed by atoms with Crippen LogP contribution >= 0.6 is 0 Å². The van der Waals surface area contributed by atoms with Gasteiger partial charge in [-0.1, -0.05) is 13.8 Å². The Bertz CT molecular complexity index is 313. The topological polar surface area (TPSA) is 52.6 Å². The van der Waals surface area contributed by atoms with Crippen LogP contribution in [0.15, 0.2) is 0 Å². The smallest absolute Gasteiger partial charge is 0.323 e. The number of carbonyl (C=O) groups is 1. The van der Waals surface area contributed by atoms with Gasteiger partial charge in [-0.3, -0.25) is 9.69 Å². The van der Waals surface area contributed by atoms with Crippen molar-refractivity contribution in [3.05, 3.63) is 0 Å². The molecule has 4 nitrogen and oxygen atoms in total. The van der Waals surface area contributed by atoms with Gasteiger partial charge in [0.15, 0.2) is 0 Å². The van der Waals surface area contributed by atoms with Crippen LogP contribution < -0.4 is 5.32 Å². The Morgan fingerprint density at radius 1 is 1.47 bits per heavy atom. The molecular weight excluding hydrogens is 240 g/mol. The van der Waals surface area contributed by atoms with Crippen LogP contribution in [0.1, 0.15) is 59.8 Å². The molecule has 0 aromatic rings. The van der Waals surface area contributed by atoms with Crippen LogP contribution in [0.3, 0.4) is 0 Å². The number of rotatable bonds is 6. The summed E-state index contributed by atoms with van der Waals surface area (Å²) in [5, 5.41) is 12.8. The molecular formula is C15H30N2O2. The maximum atomic E-state index is 11.7. The second kappa shape index (κ2) is 6.23. The van der Waals surface area contributed by atoms with E-state index < -0.39 is 11.5 Å². The minimum atomic E-state index is -0.726. The van der Waals surface area contributed by atoms with Crippen molar-refractivity contribution in [2.45, 2.75) is 76.9 Å². The summed E-state index contributed by atoms with van der Waals surface area (Å²) in [5.41, 5.74) is -0.603. The fourth-order valence-electron chi connectivity index (χ4n) is 3.09. The molecule has 2 N–H and O–H groups in total. The highest BCUT2D eigenvalue weighted by Crippen LogP contribution is 2.34. The first-order valence-electron chi connectivity index (χ1n) is 7.50. The zero-order valence-electron chi connectivity index (χ0n) is 13.1. The van der Waals surface area contributed by atoms with E-state index in [-0.39, 0.29) is 5.54 Å². The second-order valence-electron chi connectivity index (χ2n) is 6.44. The van der Waals surface area contributed by atoms with Gasteiger partial charge in [-0.2, -0.15) is 0 Å². The van der Waals surface area contributed by atoms with Crippen molar-refractivity contribution < 1.29 is 9.90 Å². The summed E-state index contributed by atoms with van der Waals surface area (Å²) < 4.78 is 0. The molecule has 0 aromatic carbocycles. The minimum Gasteiger partial charge on any atom is -0.480 e. The van der Waals surface area contributed by atoms with Gasteiger partial charge in [0.1, 0.15) is 5.54 Å². The zero-order chi connectivity index (χ0) is 14.7. The summed E-state index contributed by atoms with van der Waals surface area (Å²) in [6.45, 7) is 9.34. The molecule has 19 heavy (non-hydrogen) atoms. The molecule has 112 valence electrons. The first kappa shape index (κ1) is 16.4. The van der Waals surface area contributed by atoms with E-state index in [9.17, 15) is 9.90 Å². The average molecular weight is 270 g/mol. The van der Waals surface area contributed by atoms with Crippen LogP contribution in [0.25, 0.3) is 0 Å². The molecule has 0 aromatic heterocycles. The highest BCUT2D eigenvalue weighted by molar-refractivity contribution is 5.79. The van der Waals surface area contributed by atoms with Gasteiger partial charge in [0.2, 0.25) is 0 Å². The first-order chi connectivity index (χ1) is 8.79. The Morgan fingerprint density at radius 3 is 2.58 bits per heavy atom. The van der Waals surface area contributed by atoms with E-state index in [0.29, 0.717) is 19.0 Å². The number of hydrogen-bond donors (Lipinski definition) is 2. The standard InChI is InChI=1S/C15H30N2O2/c1-6-14(3,4)17(5)12-9-8-10-15(11-12,13(18)19)16-7-2/h12,16H,6-11H2,1-5H3,(H,18,19). The summed E-state index contributed by atoms with van der Waals surface area (Å²) in [6.07, 6.45) is 4.60. The highest BCUT2D eigenvalue weighted by Gasteiger charge is 2.44. The van der Waals surface area contributed by atoms with Crippen LogP contribution in [-0.2, 0) is 4.79 Å². The second-order valence-corrected chi connectivity index (χ2v) is 6.44. The number of aliphatic carboxylic acids is 1. The third-order valence-electron chi connectivity index (χ3n) is 5.02. The van der Waals surface area contributed by atoms with E-state index in [1.165, 1.54) is 0 Å². The van der Waals surface area contributed by atoms with Crippen LogP contribution in [0, 0.1) is 0 Å². The molecule has 1 aliphatic carbocycles. The molecule has 0 amide bonds. The lowest BCUT2D eigenvalue weighted by atomic mass is 9.77. The number of carboxylic acids is 1. The van der Waals surface area contributed by atoms with Crippen LogP contribution in [0.4, 0.5) is 0 Å². The Hall–Kier alpha value is -0.610. The van der Waals surface area contributed by atoms with Crippen molar-refractivity contribution in [3.8, 4) is 0 Å². The van der Waals surface area contributed by atoms with Crippen LogP contribution in [-0.4, -0.2) is 46.7 Å². The molecule has 0 saturated heterocycles. The summed E-state index contributed by atoms with van der Waals surface area (Å²) >= 11 is 0. The molecule has 2 unspecified atom stereocenters. The molecule has 1 rings (SSSR count). The van der Waals surface area contributed by atoms with Crippen molar-refractivity contribution in [2.24, 2.45) is 0 Å². The van der Waals surface area contributed by atoms with Crippen molar-refractivity contribution in [1.29, 1.82) is 0 Å². The molecule has 0 radical (unpaired) electrons. The van der Waals surface area contributed by atoms with Gasteiger partial charge in [-0.05, 0) is 59.5 Å². The lowest BCUT2D eigenvalue weighted by Crippen LogP contribution is -2.60. The molecule has 0 aliphatic heterocycles. The van der Waals surface area contributed by atoms with Gasteiger partial charge in [-0.15, -0.1) is 0 Å². The van der Waals surface area contributed by atoms with E-state index in [1.54, 1.807) is 0 Å². The number of likely N-dealkylation sites (N-methyl/N-ethyl adjacent to an activating group) is 1.